The number of hydrogen-bond donors (Lipinski definition) is 2. The fourth-order valence-electron chi connectivity index (χ4n) is 2.21. The minimum absolute atomic E-state index is 0.0828. The maximum atomic E-state index is 12.6. The molecule has 2 rings (SSSR count). The number of nitro benzene ring substituents is 1. The van der Waals surface area contributed by atoms with Crippen LogP contribution in [0.5, 0.6) is 0 Å². The van der Waals surface area contributed by atoms with Crippen LogP contribution in [-0.4, -0.2) is 22.3 Å². The van der Waals surface area contributed by atoms with Crippen LogP contribution in [-0.2, 0) is 4.79 Å². The van der Waals surface area contributed by atoms with Crippen LogP contribution in [0.1, 0.15) is 36.7 Å². The molecule has 0 saturated carbocycles. The van der Waals surface area contributed by atoms with Crippen LogP contribution < -0.4 is 10.6 Å². The van der Waals surface area contributed by atoms with Gasteiger partial charge in [-0.2, -0.15) is 0 Å². The highest BCUT2D eigenvalue weighted by Gasteiger charge is 2.20. The molecule has 0 spiro atoms. The zero-order chi connectivity index (χ0) is 20.0. The van der Waals surface area contributed by atoms with Crippen molar-refractivity contribution in [3.63, 3.8) is 0 Å². The van der Waals surface area contributed by atoms with Crippen LogP contribution >= 0.6 is 0 Å². The predicted molar refractivity (Wildman–Crippen MR) is 103 cm³/mol. The topological polar surface area (TPSA) is 101 Å². The summed E-state index contributed by atoms with van der Waals surface area (Å²) in [5, 5.41) is 16.1. The summed E-state index contributed by atoms with van der Waals surface area (Å²) in [4.78, 5) is 35.3. The van der Waals surface area contributed by atoms with Crippen molar-refractivity contribution in [2.75, 3.05) is 0 Å². The summed E-state index contributed by atoms with van der Waals surface area (Å²) in [6.45, 7) is 5.51. The second kappa shape index (κ2) is 8.27. The molecule has 2 aromatic rings. The van der Waals surface area contributed by atoms with Gasteiger partial charge in [-0.25, -0.2) is 0 Å². The number of nitro groups is 1. The molecular weight excluding hydrogens is 346 g/mol. The number of carbonyl (C=O) groups excluding carboxylic acids is 2. The van der Waals surface area contributed by atoms with Gasteiger partial charge in [-0.05, 0) is 44.5 Å². The number of amides is 2. The highest BCUT2D eigenvalue weighted by atomic mass is 16.6. The van der Waals surface area contributed by atoms with E-state index >= 15 is 0 Å². The first kappa shape index (κ1) is 19.8. The molecule has 0 unspecified atom stereocenters. The molecule has 0 saturated heterocycles. The SMILES string of the molecule is CC(C)(C)NC(=O)C(=Cc1ccccc1)NC(=O)c1ccc([N+](=O)[O-])cc1. The Morgan fingerprint density at radius 3 is 2.11 bits per heavy atom. The van der Waals surface area contributed by atoms with E-state index in [1.54, 1.807) is 6.08 Å². The molecule has 0 fully saturated rings. The Morgan fingerprint density at radius 2 is 1.59 bits per heavy atom. The summed E-state index contributed by atoms with van der Waals surface area (Å²) in [7, 11) is 0. The third-order valence-electron chi connectivity index (χ3n) is 3.43. The lowest BCUT2D eigenvalue weighted by Crippen LogP contribution is -2.44. The quantitative estimate of drug-likeness (QED) is 0.481. The van der Waals surface area contributed by atoms with Gasteiger partial charge in [0, 0.05) is 23.2 Å². The number of hydrogen-bond acceptors (Lipinski definition) is 4. The molecule has 0 bridgehead atoms. The monoisotopic (exact) mass is 367 g/mol. The van der Waals surface area contributed by atoms with Crippen molar-refractivity contribution in [1.82, 2.24) is 10.6 Å². The summed E-state index contributed by atoms with van der Waals surface area (Å²) in [5.41, 5.74) is 0.450. The van der Waals surface area contributed by atoms with Crippen LogP contribution in [0, 0.1) is 10.1 Å². The first-order valence-corrected chi connectivity index (χ1v) is 8.31. The molecule has 2 aromatic carbocycles. The van der Waals surface area contributed by atoms with Gasteiger partial charge in [0.05, 0.1) is 4.92 Å². The summed E-state index contributed by atoms with van der Waals surface area (Å²) < 4.78 is 0. The second-order valence-corrected chi connectivity index (χ2v) is 6.93. The standard InChI is InChI=1S/C20H21N3O4/c1-20(2,3)22-19(25)17(13-14-7-5-4-6-8-14)21-18(24)15-9-11-16(12-10-15)23(26)27/h4-13H,1-3H3,(H,21,24)(H,22,25). The van der Waals surface area contributed by atoms with Crippen LogP contribution in [0.2, 0.25) is 0 Å². The third-order valence-corrected chi connectivity index (χ3v) is 3.43. The van der Waals surface area contributed by atoms with E-state index in [0.717, 1.165) is 5.56 Å². The lowest BCUT2D eigenvalue weighted by molar-refractivity contribution is -0.384. The van der Waals surface area contributed by atoms with Gasteiger partial charge < -0.3 is 10.6 Å². The number of carbonyl (C=O) groups is 2. The number of nitrogens with one attached hydrogen (secondary N) is 2. The maximum absolute atomic E-state index is 12.6. The van der Waals surface area contributed by atoms with Crippen molar-refractivity contribution in [3.05, 3.63) is 81.5 Å². The van der Waals surface area contributed by atoms with Crippen LogP contribution in [0.25, 0.3) is 6.08 Å². The van der Waals surface area contributed by atoms with E-state index in [-0.39, 0.29) is 16.9 Å². The molecule has 0 aliphatic heterocycles. The van der Waals surface area contributed by atoms with E-state index in [9.17, 15) is 19.7 Å². The highest BCUT2D eigenvalue weighted by molar-refractivity contribution is 6.05. The largest absolute Gasteiger partial charge is 0.346 e. The Balaban J connectivity index is 2.27. The van der Waals surface area contributed by atoms with Gasteiger partial charge in [-0.3, -0.25) is 19.7 Å². The van der Waals surface area contributed by atoms with Gasteiger partial charge in [0.1, 0.15) is 5.70 Å². The summed E-state index contributed by atoms with van der Waals surface area (Å²) in [5.74, 6) is -0.960. The Bertz CT molecular complexity index is 866. The van der Waals surface area contributed by atoms with E-state index < -0.39 is 22.3 Å². The lowest BCUT2D eigenvalue weighted by Gasteiger charge is -2.22. The number of non-ortho nitro benzene ring substituents is 1. The Morgan fingerprint density at radius 1 is 1.00 bits per heavy atom. The first-order valence-electron chi connectivity index (χ1n) is 8.31. The molecule has 0 aliphatic rings. The minimum Gasteiger partial charge on any atom is -0.346 e. The van der Waals surface area contributed by atoms with Gasteiger partial charge in [-0.15, -0.1) is 0 Å². The van der Waals surface area contributed by atoms with Crippen molar-refractivity contribution in [2.45, 2.75) is 26.3 Å². The molecule has 0 heterocycles. The third kappa shape index (κ3) is 6.07. The number of rotatable bonds is 5. The normalized spacial score (nSPS) is 11.6. The van der Waals surface area contributed by atoms with Gasteiger partial charge in [0.2, 0.25) is 0 Å². The molecule has 2 N–H and O–H groups in total. The second-order valence-electron chi connectivity index (χ2n) is 6.93. The van der Waals surface area contributed by atoms with Gasteiger partial charge in [0.25, 0.3) is 17.5 Å². The molecule has 7 heteroatoms. The summed E-state index contributed by atoms with van der Waals surface area (Å²) in [6, 6.07) is 14.3. The van der Waals surface area contributed by atoms with Crippen LogP contribution in [0.15, 0.2) is 60.3 Å². The molecule has 0 radical (unpaired) electrons. The van der Waals surface area contributed by atoms with Crippen molar-refractivity contribution in [2.24, 2.45) is 0 Å². The number of benzene rings is 2. The van der Waals surface area contributed by atoms with E-state index in [1.165, 1.54) is 24.3 Å². The Labute approximate surface area is 157 Å². The molecular formula is C20H21N3O4. The molecule has 0 atom stereocenters. The number of nitrogens with zero attached hydrogens (tertiary/aromatic N) is 1. The smallest absolute Gasteiger partial charge is 0.269 e. The van der Waals surface area contributed by atoms with Gasteiger partial charge >= 0.3 is 0 Å². The van der Waals surface area contributed by atoms with Crippen molar-refractivity contribution < 1.29 is 14.5 Å². The van der Waals surface area contributed by atoms with Gasteiger partial charge in [-0.1, -0.05) is 30.3 Å². The molecule has 7 nitrogen and oxygen atoms in total. The maximum Gasteiger partial charge on any atom is 0.269 e. The average molecular weight is 367 g/mol. The van der Waals surface area contributed by atoms with E-state index in [2.05, 4.69) is 10.6 Å². The minimum atomic E-state index is -0.542. The molecule has 140 valence electrons. The fraction of sp³-hybridized carbons (Fsp3) is 0.200. The fourth-order valence-corrected chi connectivity index (χ4v) is 2.21. The van der Waals surface area contributed by atoms with E-state index in [1.807, 2.05) is 51.1 Å². The average Bonchev–Trinajstić information content (AvgIpc) is 2.60. The Kier molecular flexibility index (Phi) is 6.07. The zero-order valence-electron chi connectivity index (χ0n) is 15.4. The lowest BCUT2D eigenvalue weighted by atomic mass is 10.1. The molecule has 0 aromatic heterocycles. The molecule has 0 aliphatic carbocycles. The van der Waals surface area contributed by atoms with E-state index in [0.29, 0.717) is 0 Å². The van der Waals surface area contributed by atoms with Crippen molar-refractivity contribution >= 4 is 23.6 Å². The van der Waals surface area contributed by atoms with Crippen molar-refractivity contribution in [3.8, 4) is 0 Å². The molecule has 27 heavy (non-hydrogen) atoms. The first-order chi connectivity index (χ1) is 12.7. The Hall–Kier alpha value is -3.48. The predicted octanol–water partition coefficient (Wildman–Crippen LogP) is 3.28. The summed E-state index contributed by atoms with van der Waals surface area (Å²) >= 11 is 0. The highest BCUT2D eigenvalue weighted by Crippen LogP contribution is 2.13. The van der Waals surface area contributed by atoms with E-state index in [4.69, 9.17) is 0 Å². The summed E-state index contributed by atoms with van der Waals surface area (Å²) in [6.07, 6.45) is 1.57. The van der Waals surface area contributed by atoms with Gasteiger partial charge in [0.15, 0.2) is 0 Å². The van der Waals surface area contributed by atoms with Crippen LogP contribution in [0.4, 0.5) is 5.69 Å². The van der Waals surface area contributed by atoms with Crippen molar-refractivity contribution in [1.29, 1.82) is 0 Å². The zero-order valence-corrected chi connectivity index (χ0v) is 15.4. The van der Waals surface area contributed by atoms with Crippen LogP contribution in [0.3, 0.4) is 0 Å². The molecule has 2 amide bonds.